The van der Waals surface area contributed by atoms with Crippen molar-refractivity contribution in [3.63, 3.8) is 0 Å². The van der Waals surface area contributed by atoms with Gasteiger partial charge in [0.1, 0.15) is 6.29 Å². The van der Waals surface area contributed by atoms with Crippen LogP contribution in [0.25, 0.3) is 6.08 Å². The Morgan fingerprint density at radius 2 is 1.77 bits per heavy atom. The van der Waals surface area contributed by atoms with Crippen LogP contribution in [-0.2, 0) is 9.31 Å². The van der Waals surface area contributed by atoms with Crippen LogP contribution in [-0.4, -0.2) is 52.4 Å². The molecule has 7 heteroatoms. The molecule has 1 fully saturated rings. The molecule has 0 saturated carbocycles. The molecule has 0 radical (unpaired) electrons. The fourth-order valence-corrected chi connectivity index (χ4v) is 2.79. The van der Waals surface area contributed by atoms with E-state index in [0.29, 0.717) is 23.6 Å². The molecule has 0 amide bonds. The molecule has 1 aliphatic rings. The first-order valence-corrected chi connectivity index (χ1v) is 8.61. The third kappa shape index (κ3) is 3.95. The predicted octanol–water partition coefficient (Wildman–Crippen LogP) is 2.75. The Morgan fingerprint density at radius 3 is 2.23 bits per heavy atom. The monoisotopic (exact) mass is 361 g/mol. The summed E-state index contributed by atoms with van der Waals surface area (Å²) in [7, 11) is 4.48. The highest BCUT2D eigenvalue weighted by Gasteiger charge is 2.52. The van der Waals surface area contributed by atoms with Gasteiger partial charge in [0, 0.05) is 17.7 Å². The van der Waals surface area contributed by atoms with Crippen LogP contribution in [0, 0.1) is 0 Å². The van der Waals surface area contributed by atoms with Gasteiger partial charge in [0.05, 0.1) is 25.4 Å². The van der Waals surface area contributed by atoms with E-state index in [1.807, 2.05) is 40.8 Å². The van der Waals surface area contributed by atoms with Crippen LogP contribution in [0.3, 0.4) is 0 Å². The molecule has 0 aromatic heterocycles. The van der Waals surface area contributed by atoms with E-state index in [9.17, 15) is 4.79 Å². The number of hydrogen-bond acceptors (Lipinski definition) is 6. The molecule has 142 valence electrons. The van der Waals surface area contributed by atoms with Crippen molar-refractivity contribution in [2.45, 2.75) is 38.9 Å². The molecule has 1 heterocycles. The molecule has 0 unspecified atom stereocenters. The van der Waals surface area contributed by atoms with Crippen LogP contribution < -0.4 is 14.8 Å². The highest BCUT2D eigenvalue weighted by atomic mass is 16.7. The van der Waals surface area contributed by atoms with Crippen LogP contribution >= 0.6 is 0 Å². The first-order chi connectivity index (χ1) is 12.2. The molecule has 1 aliphatic heterocycles. The second kappa shape index (κ2) is 7.82. The molecular formula is C19H28BNO5. The van der Waals surface area contributed by atoms with Gasteiger partial charge >= 0.3 is 7.12 Å². The number of carbonyl (C=O) groups excluding carboxylic acids is 1. The normalized spacial score (nSPS) is 18.7. The summed E-state index contributed by atoms with van der Waals surface area (Å²) in [6.45, 7) is 8.62. The molecule has 2 rings (SSSR count). The fourth-order valence-electron chi connectivity index (χ4n) is 2.79. The van der Waals surface area contributed by atoms with Gasteiger partial charge in [-0.05, 0) is 52.3 Å². The number of nitrogens with one attached hydrogen (secondary N) is 1. The van der Waals surface area contributed by atoms with E-state index >= 15 is 0 Å². The van der Waals surface area contributed by atoms with Crippen molar-refractivity contribution in [2.75, 3.05) is 27.8 Å². The molecule has 1 aromatic carbocycles. The zero-order chi connectivity index (χ0) is 19.5. The number of rotatable bonds is 7. The molecule has 6 nitrogen and oxygen atoms in total. The Hall–Kier alpha value is -1.83. The van der Waals surface area contributed by atoms with Crippen molar-refractivity contribution in [1.82, 2.24) is 5.32 Å². The maximum Gasteiger partial charge on any atom is 0.491 e. The van der Waals surface area contributed by atoms with Crippen molar-refractivity contribution < 1.29 is 23.6 Å². The van der Waals surface area contributed by atoms with Crippen LogP contribution in [0.2, 0.25) is 0 Å². The SMILES string of the molecule is CNCC(=Cc1cc(C=O)cc(OC)c1OC)B1OC(C)(C)C(C)(C)O1. The predicted molar refractivity (Wildman–Crippen MR) is 103 cm³/mol. The van der Waals surface area contributed by atoms with E-state index in [4.69, 9.17) is 18.8 Å². The average Bonchev–Trinajstić information content (AvgIpc) is 2.81. The van der Waals surface area contributed by atoms with Crippen molar-refractivity contribution in [2.24, 2.45) is 0 Å². The lowest BCUT2D eigenvalue weighted by Gasteiger charge is -2.32. The number of hydrogen-bond donors (Lipinski definition) is 1. The molecule has 1 N–H and O–H groups in total. The standard InChI is InChI=1S/C19H28BNO5/c1-18(2)19(3,4)26-20(25-18)15(11-21-5)10-14-8-13(12-22)9-16(23-6)17(14)24-7/h8-10,12,21H,11H2,1-7H3. The fraction of sp³-hybridized carbons (Fsp3) is 0.526. The maximum atomic E-state index is 11.3. The summed E-state index contributed by atoms with van der Waals surface area (Å²) >= 11 is 0. The molecule has 0 aliphatic carbocycles. The van der Waals surface area contributed by atoms with Gasteiger partial charge in [-0.3, -0.25) is 4.79 Å². The van der Waals surface area contributed by atoms with E-state index in [1.54, 1.807) is 26.4 Å². The van der Waals surface area contributed by atoms with Crippen molar-refractivity contribution in [1.29, 1.82) is 0 Å². The zero-order valence-corrected chi connectivity index (χ0v) is 16.6. The smallest absolute Gasteiger partial charge is 0.491 e. The topological polar surface area (TPSA) is 66.0 Å². The number of methoxy groups -OCH3 is 2. The molecule has 26 heavy (non-hydrogen) atoms. The lowest BCUT2D eigenvalue weighted by Crippen LogP contribution is -2.41. The number of aldehydes is 1. The molecular weight excluding hydrogens is 333 g/mol. The molecule has 0 spiro atoms. The number of likely N-dealkylation sites (N-methyl/N-ethyl adjacent to an activating group) is 1. The number of ether oxygens (including phenoxy) is 2. The zero-order valence-electron chi connectivity index (χ0n) is 16.6. The maximum absolute atomic E-state index is 11.3. The summed E-state index contributed by atoms with van der Waals surface area (Å²) < 4.78 is 23.2. The summed E-state index contributed by atoms with van der Waals surface area (Å²) in [6.07, 6.45) is 2.71. The quantitative estimate of drug-likeness (QED) is 0.595. The van der Waals surface area contributed by atoms with Crippen LogP contribution in [0.1, 0.15) is 43.6 Å². The van der Waals surface area contributed by atoms with Crippen molar-refractivity contribution in [3.05, 3.63) is 28.7 Å². The number of benzene rings is 1. The minimum atomic E-state index is -0.497. The van der Waals surface area contributed by atoms with Gasteiger partial charge in [-0.25, -0.2) is 0 Å². The summed E-state index contributed by atoms with van der Waals surface area (Å²) in [5.41, 5.74) is 1.27. The second-order valence-corrected chi connectivity index (χ2v) is 7.30. The highest BCUT2D eigenvalue weighted by Crippen LogP contribution is 2.40. The summed E-state index contributed by atoms with van der Waals surface area (Å²) in [5, 5.41) is 3.14. The molecule has 0 bridgehead atoms. The van der Waals surface area contributed by atoms with E-state index in [2.05, 4.69) is 5.32 Å². The third-order valence-corrected chi connectivity index (χ3v) is 4.94. The lowest BCUT2D eigenvalue weighted by atomic mass is 9.77. The van der Waals surface area contributed by atoms with Crippen molar-refractivity contribution in [3.8, 4) is 11.5 Å². The van der Waals surface area contributed by atoms with Crippen molar-refractivity contribution >= 4 is 19.5 Å². The Kier molecular flexibility index (Phi) is 6.16. The van der Waals surface area contributed by atoms with Gasteiger partial charge in [0.2, 0.25) is 0 Å². The van der Waals surface area contributed by atoms with Gasteiger partial charge in [0.15, 0.2) is 11.5 Å². The first-order valence-electron chi connectivity index (χ1n) is 8.61. The average molecular weight is 361 g/mol. The Labute approximate surface area is 156 Å². The Bertz CT molecular complexity index is 683. The highest BCUT2D eigenvalue weighted by molar-refractivity contribution is 6.56. The largest absolute Gasteiger partial charge is 0.493 e. The van der Waals surface area contributed by atoms with Gasteiger partial charge in [-0.15, -0.1) is 0 Å². The molecule has 1 saturated heterocycles. The van der Waals surface area contributed by atoms with Crippen LogP contribution in [0.4, 0.5) is 0 Å². The van der Waals surface area contributed by atoms with E-state index in [-0.39, 0.29) is 0 Å². The van der Waals surface area contributed by atoms with Crippen LogP contribution in [0.5, 0.6) is 11.5 Å². The third-order valence-electron chi connectivity index (χ3n) is 4.94. The summed E-state index contributed by atoms with van der Waals surface area (Å²) in [5.74, 6) is 1.06. The van der Waals surface area contributed by atoms with E-state index in [0.717, 1.165) is 17.3 Å². The second-order valence-electron chi connectivity index (χ2n) is 7.30. The minimum absolute atomic E-state index is 0.434. The summed E-state index contributed by atoms with van der Waals surface area (Å²) in [4.78, 5) is 11.3. The number of carbonyl (C=O) groups is 1. The van der Waals surface area contributed by atoms with Gasteiger partial charge < -0.3 is 24.1 Å². The summed E-state index contributed by atoms with van der Waals surface area (Å²) in [6, 6.07) is 3.41. The van der Waals surface area contributed by atoms with Crippen LogP contribution in [0.15, 0.2) is 17.6 Å². The minimum Gasteiger partial charge on any atom is -0.493 e. The molecule has 0 atom stereocenters. The van der Waals surface area contributed by atoms with Gasteiger partial charge in [-0.1, -0.05) is 6.08 Å². The van der Waals surface area contributed by atoms with Gasteiger partial charge in [-0.2, -0.15) is 0 Å². The van der Waals surface area contributed by atoms with Gasteiger partial charge in [0.25, 0.3) is 0 Å². The Morgan fingerprint density at radius 1 is 1.15 bits per heavy atom. The van der Waals surface area contributed by atoms with E-state index < -0.39 is 18.3 Å². The first kappa shape index (κ1) is 20.5. The Balaban J connectivity index is 2.51. The lowest BCUT2D eigenvalue weighted by molar-refractivity contribution is 0.00578. The molecule has 1 aromatic rings. The van der Waals surface area contributed by atoms with E-state index in [1.165, 1.54) is 0 Å².